The van der Waals surface area contributed by atoms with Crippen LogP contribution >= 0.6 is 0 Å². The van der Waals surface area contributed by atoms with Crippen molar-refractivity contribution >= 4 is 5.69 Å². The molecular weight excluding hydrogens is 196 g/mol. The maximum Gasteiger partial charge on any atom is 0.0399 e. The van der Waals surface area contributed by atoms with Gasteiger partial charge in [-0.2, -0.15) is 0 Å². The number of fused-ring (bicyclic) bond motifs is 1. The van der Waals surface area contributed by atoms with Crippen molar-refractivity contribution in [3.05, 3.63) is 29.8 Å². The summed E-state index contributed by atoms with van der Waals surface area (Å²) in [6.45, 7) is 6.41. The summed E-state index contributed by atoms with van der Waals surface area (Å²) in [6.07, 6.45) is 3.47. The largest absolute Gasteiger partial charge is 0.369 e. The highest BCUT2D eigenvalue weighted by atomic mass is 15.2. The van der Waals surface area contributed by atoms with Gasteiger partial charge in [0.25, 0.3) is 0 Å². The molecule has 0 radical (unpaired) electrons. The van der Waals surface area contributed by atoms with Gasteiger partial charge in [-0.05, 0) is 37.8 Å². The lowest BCUT2D eigenvalue weighted by atomic mass is 9.96. The van der Waals surface area contributed by atoms with Crippen LogP contribution in [0.2, 0.25) is 0 Å². The SMILES string of the molecule is CCC(C)(N)CN1CCCc2ccccc21. The van der Waals surface area contributed by atoms with E-state index in [1.54, 1.807) is 0 Å². The van der Waals surface area contributed by atoms with Gasteiger partial charge in [-0.1, -0.05) is 25.1 Å². The fourth-order valence-electron chi connectivity index (χ4n) is 2.32. The van der Waals surface area contributed by atoms with Crippen LogP contribution in [0.15, 0.2) is 24.3 Å². The molecule has 1 atom stereocenters. The Bertz CT molecular complexity index is 358. The van der Waals surface area contributed by atoms with Gasteiger partial charge in [0.2, 0.25) is 0 Å². The number of hydrogen-bond donors (Lipinski definition) is 1. The van der Waals surface area contributed by atoms with Gasteiger partial charge in [0.15, 0.2) is 0 Å². The maximum absolute atomic E-state index is 6.26. The zero-order valence-corrected chi connectivity index (χ0v) is 10.4. The molecule has 0 aromatic heterocycles. The Morgan fingerprint density at radius 3 is 2.88 bits per heavy atom. The van der Waals surface area contributed by atoms with Crippen molar-refractivity contribution < 1.29 is 0 Å². The van der Waals surface area contributed by atoms with Crippen LogP contribution < -0.4 is 10.6 Å². The summed E-state index contributed by atoms with van der Waals surface area (Å²) in [5, 5.41) is 0. The zero-order chi connectivity index (χ0) is 11.6. The van der Waals surface area contributed by atoms with Crippen LogP contribution in [0.4, 0.5) is 5.69 Å². The number of nitrogens with zero attached hydrogens (tertiary/aromatic N) is 1. The number of benzene rings is 1. The number of para-hydroxylation sites is 1. The van der Waals surface area contributed by atoms with Crippen LogP contribution in [0.25, 0.3) is 0 Å². The number of nitrogens with two attached hydrogens (primary N) is 1. The molecule has 1 aromatic carbocycles. The molecule has 0 saturated heterocycles. The summed E-state index contributed by atoms with van der Waals surface area (Å²) in [4.78, 5) is 2.45. The Kier molecular flexibility index (Phi) is 3.20. The average Bonchev–Trinajstić information content (AvgIpc) is 2.29. The number of anilines is 1. The summed E-state index contributed by atoms with van der Waals surface area (Å²) in [6, 6.07) is 8.71. The molecule has 0 spiro atoms. The third-order valence-corrected chi connectivity index (χ3v) is 3.57. The van der Waals surface area contributed by atoms with Crippen molar-refractivity contribution in [2.75, 3.05) is 18.0 Å². The molecule has 1 aliphatic heterocycles. The monoisotopic (exact) mass is 218 g/mol. The van der Waals surface area contributed by atoms with Gasteiger partial charge in [0.05, 0.1) is 0 Å². The van der Waals surface area contributed by atoms with Gasteiger partial charge in [0, 0.05) is 24.3 Å². The molecule has 16 heavy (non-hydrogen) atoms. The predicted octanol–water partition coefficient (Wildman–Crippen LogP) is 2.57. The minimum Gasteiger partial charge on any atom is -0.369 e. The summed E-state index contributed by atoms with van der Waals surface area (Å²) in [5.41, 5.74) is 9.04. The molecule has 0 saturated carbocycles. The first-order valence-corrected chi connectivity index (χ1v) is 6.24. The minimum absolute atomic E-state index is 0.0789. The van der Waals surface area contributed by atoms with E-state index in [2.05, 4.69) is 43.0 Å². The zero-order valence-electron chi connectivity index (χ0n) is 10.4. The van der Waals surface area contributed by atoms with Crippen LogP contribution in [0.5, 0.6) is 0 Å². The van der Waals surface area contributed by atoms with E-state index in [4.69, 9.17) is 5.73 Å². The molecule has 1 unspecified atom stereocenters. The maximum atomic E-state index is 6.26. The summed E-state index contributed by atoms with van der Waals surface area (Å²) < 4.78 is 0. The summed E-state index contributed by atoms with van der Waals surface area (Å²) in [7, 11) is 0. The van der Waals surface area contributed by atoms with Gasteiger partial charge >= 0.3 is 0 Å². The first-order valence-electron chi connectivity index (χ1n) is 6.24. The second-order valence-electron chi connectivity index (χ2n) is 5.16. The molecule has 1 heterocycles. The van der Waals surface area contributed by atoms with Crippen LogP contribution in [0, 0.1) is 0 Å². The molecular formula is C14H22N2. The quantitative estimate of drug-likeness (QED) is 0.845. The summed E-state index contributed by atoms with van der Waals surface area (Å²) >= 11 is 0. The first kappa shape index (κ1) is 11.5. The van der Waals surface area contributed by atoms with Crippen molar-refractivity contribution in [1.82, 2.24) is 0 Å². The molecule has 2 nitrogen and oxygen atoms in total. The lowest BCUT2D eigenvalue weighted by molar-refractivity contribution is 0.440. The van der Waals surface area contributed by atoms with E-state index in [0.29, 0.717) is 0 Å². The third-order valence-electron chi connectivity index (χ3n) is 3.57. The Hall–Kier alpha value is -1.02. The molecule has 0 amide bonds. The summed E-state index contributed by atoms with van der Waals surface area (Å²) in [5.74, 6) is 0. The third kappa shape index (κ3) is 2.38. The fourth-order valence-corrected chi connectivity index (χ4v) is 2.32. The van der Waals surface area contributed by atoms with Gasteiger partial charge in [-0.25, -0.2) is 0 Å². The fraction of sp³-hybridized carbons (Fsp3) is 0.571. The molecule has 0 fully saturated rings. The Morgan fingerprint density at radius 2 is 2.12 bits per heavy atom. The lowest BCUT2D eigenvalue weighted by Crippen LogP contribution is -2.48. The van der Waals surface area contributed by atoms with Crippen molar-refractivity contribution in [3.63, 3.8) is 0 Å². The van der Waals surface area contributed by atoms with Gasteiger partial charge in [-0.3, -0.25) is 0 Å². The van der Waals surface area contributed by atoms with E-state index in [-0.39, 0.29) is 5.54 Å². The highest BCUT2D eigenvalue weighted by Gasteiger charge is 2.23. The van der Waals surface area contributed by atoms with Crippen LogP contribution in [-0.2, 0) is 6.42 Å². The number of aryl methyl sites for hydroxylation is 1. The number of hydrogen-bond acceptors (Lipinski definition) is 2. The van der Waals surface area contributed by atoms with Crippen molar-refractivity contribution in [1.29, 1.82) is 0 Å². The Morgan fingerprint density at radius 1 is 1.38 bits per heavy atom. The molecule has 0 aliphatic carbocycles. The first-order chi connectivity index (χ1) is 7.62. The van der Waals surface area contributed by atoms with E-state index < -0.39 is 0 Å². The van der Waals surface area contributed by atoms with Gasteiger partial charge < -0.3 is 10.6 Å². The Labute approximate surface area is 98.4 Å². The van der Waals surface area contributed by atoms with Crippen molar-refractivity contribution in [2.24, 2.45) is 5.73 Å². The Balaban J connectivity index is 2.19. The van der Waals surface area contributed by atoms with E-state index in [0.717, 1.165) is 19.5 Å². The number of rotatable bonds is 3. The second kappa shape index (κ2) is 4.46. The highest BCUT2D eigenvalue weighted by molar-refractivity contribution is 5.55. The van der Waals surface area contributed by atoms with E-state index in [1.165, 1.54) is 24.1 Å². The lowest BCUT2D eigenvalue weighted by Gasteiger charge is -2.37. The molecule has 88 valence electrons. The molecule has 1 aliphatic rings. The molecule has 0 bridgehead atoms. The van der Waals surface area contributed by atoms with Gasteiger partial charge in [-0.15, -0.1) is 0 Å². The van der Waals surface area contributed by atoms with E-state index in [1.807, 2.05) is 0 Å². The van der Waals surface area contributed by atoms with Crippen LogP contribution in [0.3, 0.4) is 0 Å². The average molecular weight is 218 g/mol. The normalized spacial score (nSPS) is 19.1. The second-order valence-corrected chi connectivity index (χ2v) is 5.16. The van der Waals surface area contributed by atoms with Gasteiger partial charge in [0.1, 0.15) is 0 Å². The van der Waals surface area contributed by atoms with Crippen LogP contribution in [-0.4, -0.2) is 18.6 Å². The van der Waals surface area contributed by atoms with E-state index >= 15 is 0 Å². The van der Waals surface area contributed by atoms with Crippen molar-refractivity contribution in [2.45, 2.75) is 38.6 Å². The molecule has 1 aromatic rings. The minimum atomic E-state index is -0.0789. The predicted molar refractivity (Wildman–Crippen MR) is 69.9 cm³/mol. The molecule has 2 heteroatoms. The van der Waals surface area contributed by atoms with E-state index in [9.17, 15) is 0 Å². The molecule has 2 rings (SSSR count). The standard InChI is InChI=1S/C14H22N2/c1-3-14(2,15)11-16-10-6-8-12-7-4-5-9-13(12)16/h4-5,7,9H,3,6,8,10-11,15H2,1-2H3. The molecule has 2 N–H and O–H groups in total. The highest BCUT2D eigenvalue weighted by Crippen LogP contribution is 2.27. The topological polar surface area (TPSA) is 29.3 Å². The van der Waals surface area contributed by atoms with Crippen LogP contribution in [0.1, 0.15) is 32.3 Å². The smallest absolute Gasteiger partial charge is 0.0399 e. The van der Waals surface area contributed by atoms with Crippen molar-refractivity contribution in [3.8, 4) is 0 Å².